The predicted molar refractivity (Wildman–Crippen MR) is 56.8 cm³/mol. The monoisotopic (exact) mass is 203 g/mol. The molecule has 3 heteroatoms. The molecule has 0 aliphatic carbocycles. The summed E-state index contributed by atoms with van der Waals surface area (Å²) >= 11 is 0. The van der Waals surface area contributed by atoms with Gasteiger partial charge >= 0.3 is 0 Å². The maximum atomic E-state index is 10.5. The quantitative estimate of drug-likeness (QED) is 0.527. The molecule has 0 N–H and O–H groups in total. The fraction of sp³-hybridized carbons (Fsp3) is 0.333. The molecule has 0 spiro atoms. The number of nitriles is 1. The molecule has 1 aromatic rings. The molecule has 0 saturated carbocycles. The van der Waals surface area contributed by atoms with Crippen molar-refractivity contribution in [1.82, 2.24) is 0 Å². The summed E-state index contributed by atoms with van der Waals surface area (Å²) in [7, 11) is 0. The van der Waals surface area contributed by atoms with Gasteiger partial charge in [-0.05, 0) is 25.0 Å². The minimum atomic E-state index is 0.567. The van der Waals surface area contributed by atoms with E-state index in [-0.39, 0.29) is 0 Å². The van der Waals surface area contributed by atoms with Gasteiger partial charge in [-0.15, -0.1) is 0 Å². The minimum Gasteiger partial charge on any atom is -0.494 e. The maximum Gasteiger partial charge on any atom is 0.150 e. The van der Waals surface area contributed by atoms with Gasteiger partial charge in [-0.3, -0.25) is 4.79 Å². The van der Waals surface area contributed by atoms with Crippen LogP contribution in [0.1, 0.15) is 29.6 Å². The summed E-state index contributed by atoms with van der Waals surface area (Å²) < 4.78 is 5.43. The Morgan fingerprint density at radius 3 is 3.00 bits per heavy atom. The van der Waals surface area contributed by atoms with Crippen LogP contribution >= 0.6 is 0 Å². The van der Waals surface area contributed by atoms with Crippen LogP contribution in [0.25, 0.3) is 0 Å². The largest absolute Gasteiger partial charge is 0.494 e. The second kappa shape index (κ2) is 6.61. The molecule has 0 aliphatic rings. The molecule has 3 nitrogen and oxygen atoms in total. The van der Waals surface area contributed by atoms with Crippen molar-refractivity contribution in [3.8, 4) is 11.8 Å². The zero-order chi connectivity index (χ0) is 10.9. The molecule has 0 atom stereocenters. The summed E-state index contributed by atoms with van der Waals surface area (Å²) in [5.74, 6) is 0.705. The van der Waals surface area contributed by atoms with Crippen LogP contribution in [-0.2, 0) is 0 Å². The van der Waals surface area contributed by atoms with Crippen LogP contribution in [0.5, 0.6) is 5.75 Å². The Balaban J connectivity index is 2.31. The standard InChI is InChI=1S/C12H13NO2/c13-7-2-1-3-8-15-12-6-4-5-11(9-12)10-14/h4-6,9-10H,1-3,8H2. The summed E-state index contributed by atoms with van der Waals surface area (Å²) in [6, 6.07) is 9.12. The van der Waals surface area contributed by atoms with E-state index in [0.29, 0.717) is 24.3 Å². The van der Waals surface area contributed by atoms with Gasteiger partial charge in [0.2, 0.25) is 0 Å². The molecule has 0 aliphatic heterocycles. The number of carbonyl (C=O) groups is 1. The van der Waals surface area contributed by atoms with Crippen molar-refractivity contribution in [2.75, 3.05) is 6.61 Å². The van der Waals surface area contributed by atoms with Crippen LogP contribution in [0.4, 0.5) is 0 Å². The average Bonchev–Trinajstić information content (AvgIpc) is 2.29. The molecule has 0 aromatic heterocycles. The van der Waals surface area contributed by atoms with E-state index in [0.717, 1.165) is 19.1 Å². The highest BCUT2D eigenvalue weighted by Crippen LogP contribution is 2.12. The number of aldehydes is 1. The number of unbranched alkanes of at least 4 members (excludes halogenated alkanes) is 2. The van der Waals surface area contributed by atoms with Crippen LogP contribution in [0.3, 0.4) is 0 Å². The molecule has 0 amide bonds. The van der Waals surface area contributed by atoms with Gasteiger partial charge in [0.1, 0.15) is 12.0 Å². The molecular formula is C12H13NO2. The molecule has 0 saturated heterocycles. The fourth-order valence-corrected chi connectivity index (χ4v) is 1.17. The van der Waals surface area contributed by atoms with E-state index >= 15 is 0 Å². The molecule has 78 valence electrons. The van der Waals surface area contributed by atoms with Gasteiger partial charge in [-0.2, -0.15) is 5.26 Å². The third kappa shape index (κ3) is 4.28. The lowest BCUT2D eigenvalue weighted by Crippen LogP contribution is -1.97. The van der Waals surface area contributed by atoms with Crippen molar-refractivity contribution in [3.05, 3.63) is 29.8 Å². The fourth-order valence-electron chi connectivity index (χ4n) is 1.17. The molecule has 1 aromatic carbocycles. The van der Waals surface area contributed by atoms with Gasteiger partial charge in [0, 0.05) is 12.0 Å². The third-order valence-electron chi connectivity index (χ3n) is 1.95. The molecule has 1 rings (SSSR count). The van der Waals surface area contributed by atoms with E-state index in [2.05, 4.69) is 6.07 Å². The Morgan fingerprint density at radius 1 is 1.40 bits per heavy atom. The van der Waals surface area contributed by atoms with Crippen molar-refractivity contribution in [2.24, 2.45) is 0 Å². The number of hydrogen-bond acceptors (Lipinski definition) is 3. The Bertz CT molecular complexity index is 355. The molecule has 0 bridgehead atoms. The Morgan fingerprint density at radius 2 is 2.27 bits per heavy atom. The van der Waals surface area contributed by atoms with Crippen molar-refractivity contribution in [1.29, 1.82) is 5.26 Å². The van der Waals surface area contributed by atoms with Gasteiger partial charge in [0.15, 0.2) is 0 Å². The first kappa shape index (κ1) is 11.3. The lowest BCUT2D eigenvalue weighted by Gasteiger charge is -2.05. The number of nitrogens with zero attached hydrogens (tertiary/aromatic N) is 1. The lowest BCUT2D eigenvalue weighted by molar-refractivity contribution is 0.112. The number of carbonyl (C=O) groups excluding carboxylic acids is 1. The van der Waals surface area contributed by atoms with Crippen molar-refractivity contribution in [2.45, 2.75) is 19.3 Å². The van der Waals surface area contributed by atoms with Gasteiger partial charge < -0.3 is 4.74 Å². The van der Waals surface area contributed by atoms with Gasteiger partial charge in [0.25, 0.3) is 0 Å². The zero-order valence-electron chi connectivity index (χ0n) is 8.48. The summed E-state index contributed by atoms with van der Waals surface area (Å²) in [5, 5.41) is 8.32. The van der Waals surface area contributed by atoms with Crippen LogP contribution in [0.15, 0.2) is 24.3 Å². The SMILES string of the molecule is N#CCCCCOc1cccc(C=O)c1. The first-order valence-electron chi connectivity index (χ1n) is 4.92. The number of hydrogen-bond donors (Lipinski definition) is 0. The Kier molecular flexibility index (Phi) is 4.96. The Labute approximate surface area is 89.3 Å². The van der Waals surface area contributed by atoms with Crippen molar-refractivity contribution < 1.29 is 9.53 Å². The highest BCUT2D eigenvalue weighted by atomic mass is 16.5. The van der Waals surface area contributed by atoms with E-state index in [1.54, 1.807) is 18.2 Å². The van der Waals surface area contributed by atoms with E-state index in [4.69, 9.17) is 10.00 Å². The van der Waals surface area contributed by atoms with Crippen LogP contribution in [-0.4, -0.2) is 12.9 Å². The summed E-state index contributed by atoms with van der Waals surface area (Å²) in [6.07, 6.45) is 3.07. The first-order valence-corrected chi connectivity index (χ1v) is 4.92. The van der Waals surface area contributed by atoms with Crippen LogP contribution in [0.2, 0.25) is 0 Å². The van der Waals surface area contributed by atoms with E-state index in [1.165, 1.54) is 0 Å². The topological polar surface area (TPSA) is 50.1 Å². The third-order valence-corrected chi connectivity index (χ3v) is 1.95. The second-order valence-corrected chi connectivity index (χ2v) is 3.15. The predicted octanol–water partition coefficient (Wildman–Crippen LogP) is 2.57. The van der Waals surface area contributed by atoms with E-state index in [1.807, 2.05) is 6.07 Å². The first-order chi connectivity index (χ1) is 7.36. The number of rotatable bonds is 6. The molecular weight excluding hydrogens is 190 g/mol. The number of ether oxygens (including phenoxy) is 1. The number of benzene rings is 1. The smallest absolute Gasteiger partial charge is 0.150 e. The molecule has 15 heavy (non-hydrogen) atoms. The summed E-state index contributed by atoms with van der Waals surface area (Å²) in [4.78, 5) is 10.5. The Hall–Kier alpha value is -1.82. The van der Waals surface area contributed by atoms with Gasteiger partial charge in [0.05, 0.1) is 12.7 Å². The minimum absolute atomic E-state index is 0.567. The maximum absolute atomic E-state index is 10.5. The van der Waals surface area contributed by atoms with E-state index in [9.17, 15) is 4.79 Å². The summed E-state index contributed by atoms with van der Waals surface area (Å²) in [6.45, 7) is 0.587. The molecule has 0 heterocycles. The van der Waals surface area contributed by atoms with Crippen LogP contribution < -0.4 is 4.74 Å². The van der Waals surface area contributed by atoms with Crippen molar-refractivity contribution >= 4 is 6.29 Å². The highest BCUT2D eigenvalue weighted by molar-refractivity contribution is 5.75. The van der Waals surface area contributed by atoms with Crippen molar-refractivity contribution in [3.63, 3.8) is 0 Å². The summed E-state index contributed by atoms with van der Waals surface area (Å²) in [5.41, 5.74) is 0.615. The highest BCUT2D eigenvalue weighted by Gasteiger charge is 1.95. The molecule has 0 unspecified atom stereocenters. The normalized spacial score (nSPS) is 9.27. The lowest BCUT2D eigenvalue weighted by atomic mass is 10.2. The average molecular weight is 203 g/mol. The molecule has 0 radical (unpaired) electrons. The van der Waals surface area contributed by atoms with Crippen LogP contribution in [0, 0.1) is 11.3 Å². The van der Waals surface area contributed by atoms with Gasteiger partial charge in [-0.1, -0.05) is 12.1 Å². The van der Waals surface area contributed by atoms with E-state index < -0.39 is 0 Å². The zero-order valence-corrected chi connectivity index (χ0v) is 8.48. The second-order valence-electron chi connectivity index (χ2n) is 3.15. The van der Waals surface area contributed by atoms with Gasteiger partial charge in [-0.25, -0.2) is 0 Å². The molecule has 0 fully saturated rings.